The van der Waals surface area contributed by atoms with Crippen LogP contribution in [-0.2, 0) is 0 Å². The maximum Gasteiger partial charge on any atom is 0.0377 e. The minimum absolute atomic E-state index is 0.631. The lowest BCUT2D eigenvalue weighted by Gasteiger charge is -2.31. The molecule has 1 aliphatic heterocycles. The predicted octanol–water partition coefficient (Wildman–Crippen LogP) is 3.60. The zero-order valence-corrected chi connectivity index (χ0v) is 11.1. The number of anilines is 1. The van der Waals surface area contributed by atoms with Gasteiger partial charge in [0.05, 0.1) is 0 Å². The van der Waals surface area contributed by atoms with E-state index in [4.69, 9.17) is 5.73 Å². The van der Waals surface area contributed by atoms with E-state index in [0.717, 1.165) is 11.6 Å². The molecular weight excluding hydrogens is 220 g/mol. The molecular formula is C16H24N2. The summed E-state index contributed by atoms with van der Waals surface area (Å²) in [4.78, 5) is 2.72. The number of nitrogens with zero attached hydrogens (tertiary/aromatic N) is 1. The fraction of sp³-hybridized carbons (Fsp3) is 0.625. The third kappa shape index (κ3) is 2.69. The van der Waals surface area contributed by atoms with E-state index >= 15 is 0 Å². The molecule has 1 aromatic carbocycles. The molecule has 3 rings (SSSR count). The molecule has 2 heteroatoms. The molecule has 1 aromatic rings. The highest BCUT2D eigenvalue weighted by molar-refractivity contribution is 5.42. The van der Waals surface area contributed by atoms with E-state index in [1.165, 1.54) is 57.2 Å². The monoisotopic (exact) mass is 244 g/mol. The Labute approximate surface area is 110 Å². The van der Waals surface area contributed by atoms with Gasteiger partial charge in [0.25, 0.3) is 0 Å². The Balaban J connectivity index is 1.82. The summed E-state index contributed by atoms with van der Waals surface area (Å²) in [5, 5.41) is 0. The molecule has 0 amide bonds. The van der Waals surface area contributed by atoms with Crippen LogP contribution in [0.4, 0.5) is 5.69 Å². The second-order valence-electron chi connectivity index (χ2n) is 5.90. The lowest BCUT2D eigenvalue weighted by atomic mass is 9.99. The van der Waals surface area contributed by atoms with Gasteiger partial charge in [0.15, 0.2) is 0 Å². The molecule has 18 heavy (non-hydrogen) atoms. The van der Waals surface area contributed by atoms with Crippen molar-refractivity contribution in [3.63, 3.8) is 0 Å². The van der Waals surface area contributed by atoms with Crippen LogP contribution in [-0.4, -0.2) is 18.0 Å². The van der Waals surface area contributed by atoms with Gasteiger partial charge in [-0.15, -0.1) is 0 Å². The lowest BCUT2D eigenvalue weighted by Crippen LogP contribution is -2.31. The van der Waals surface area contributed by atoms with Gasteiger partial charge < -0.3 is 5.73 Å². The molecule has 0 spiro atoms. The van der Waals surface area contributed by atoms with Crippen LogP contribution in [0.3, 0.4) is 0 Å². The minimum Gasteiger partial charge on any atom is -0.399 e. The average molecular weight is 244 g/mol. The first-order chi connectivity index (χ1) is 8.84. The van der Waals surface area contributed by atoms with Crippen molar-refractivity contribution in [2.45, 2.75) is 44.6 Å². The summed E-state index contributed by atoms with van der Waals surface area (Å²) in [6.45, 7) is 2.55. The van der Waals surface area contributed by atoms with E-state index in [1.807, 2.05) is 6.07 Å². The molecule has 2 N–H and O–H groups in total. The van der Waals surface area contributed by atoms with Crippen LogP contribution in [0.5, 0.6) is 0 Å². The normalized spacial score (nSPS) is 23.6. The Morgan fingerprint density at radius 2 is 1.78 bits per heavy atom. The van der Waals surface area contributed by atoms with Crippen molar-refractivity contribution in [3.8, 4) is 0 Å². The van der Waals surface area contributed by atoms with E-state index in [2.05, 4.69) is 23.1 Å². The fourth-order valence-corrected chi connectivity index (χ4v) is 3.31. The Morgan fingerprint density at radius 3 is 2.39 bits per heavy atom. The number of nitrogens with two attached hydrogens (primary N) is 1. The zero-order valence-electron chi connectivity index (χ0n) is 11.1. The number of nitrogen functional groups attached to an aromatic ring is 1. The van der Waals surface area contributed by atoms with Crippen molar-refractivity contribution >= 4 is 5.69 Å². The van der Waals surface area contributed by atoms with Crippen molar-refractivity contribution in [2.24, 2.45) is 5.92 Å². The van der Waals surface area contributed by atoms with Gasteiger partial charge in [-0.25, -0.2) is 0 Å². The van der Waals surface area contributed by atoms with Gasteiger partial charge in [-0.3, -0.25) is 4.90 Å². The molecule has 0 bridgehead atoms. The standard InChI is InChI=1S/C16H24N2/c17-15-7-5-6-14(12-15)16(13-8-9-13)18-10-3-1-2-4-11-18/h5-7,12-13,16H,1-4,8-11,17H2. The topological polar surface area (TPSA) is 29.3 Å². The number of benzene rings is 1. The van der Waals surface area contributed by atoms with Crippen molar-refractivity contribution in [3.05, 3.63) is 29.8 Å². The van der Waals surface area contributed by atoms with Crippen LogP contribution in [0.1, 0.15) is 50.1 Å². The first-order valence-electron chi connectivity index (χ1n) is 7.44. The highest BCUT2D eigenvalue weighted by atomic mass is 15.2. The number of hydrogen-bond donors (Lipinski definition) is 1. The van der Waals surface area contributed by atoms with E-state index in [9.17, 15) is 0 Å². The van der Waals surface area contributed by atoms with Gasteiger partial charge in [-0.2, -0.15) is 0 Å². The van der Waals surface area contributed by atoms with Gasteiger partial charge in [0.2, 0.25) is 0 Å². The molecule has 98 valence electrons. The fourth-order valence-electron chi connectivity index (χ4n) is 3.31. The van der Waals surface area contributed by atoms with Crippen LogP contribution in [0.25, 0.3) is 0 Å². The largest absolute Gasteiger partial charge is 0.399 e. The van der Waals surface area contributed by atoms with Crippen molar-refractivity contribution in [1.82, 2.24) is 4.90 Å². The minimum atomic E-state index is 0.631. The van der Waals surface area contributed by atoms with Gasteiger partial charge in [-0.1, -0.05) is 25.0 Å². The average Bonchev–Trinajstić information content (AvgIpc) is 3.17. The number of likely N-dealkylation sites (tertiary alicyclic amines) is 1. The summed E-state index contributed by atoms with van der Waals surface area (Å²) in [6, 6.07) is 9.19. The molecule has 1 heterocycles. The van der Waals surface area contributed by atoms with Crippen LogP contribution in [0.2, 0.25) is 0 Å². The van der Waals surface area contributed by atoms with E-state index < -0.39 is 0 Å². The molecule has 0 radical (unpaired) electrons. The Kier molecular flexibility index (Phi) is 3.55. The first kappa shape index (κ1) is 12.0. The summed E-state index contributed by atoms with van der Waals surface area (Å²) in [7, 11) is 0. The van der Waals surface area contributed by atoms with Gasteiger partial charge in [-0.05, 0) is 62.4 Å². The molecule has 2 fully saturated rings. The smallest absolute Gasteiger partial charge is 0.0377 e. The summed E-state index contributed by atoms with van der Waals surface area (Å²) in [6.07, 6.45) is 8.35. The molecule has 0 aromatic heterocycles. The Morgan fingerprint density at radius 1 is 1.06 bits per heavy atom. The number of hydrogen-bond acceptors (Lipinski definition) is 2. The summed E-state index contributed by atoms with van der Waals surface area (Å²) < 4.78 is 0. The molecule has 2 aliphatic rings. The van der Waals surface area contributed by atoms with Crippen molar-refractivity contribution < 1.29 is 0 Å². The Bertz CT molecular complexity index is 390. The van der Waals surface area contributed by atoms with Gasteiger partial charge in [0, 0.05) is 11.7 Å². The molecule has 1 atom stereocenters. The second kappa shape index (κ2) is 5.31. The summed E-state index contributed by atoms with van der Waals surface area (Å²) in [5.74, 6) is 0.880. The van der Waals surface area contributed by atoms with Crippen molar-refractivity contribution in [2.75, 3.05) is 18.8 Å². The summed E-state index contributed by atoms with van der Waals surface area (Å²) >= 11 is 0. The Hall–Kier alpha value is -1.02. The highest BCUT2D eigenvalue weighted by Gasteiger charge is 2.36. The van der Waals surface area contributed by atoms with Crippen LogP contribution in [0.15, 0.2) is 24.3 Å². The first-order valence-corrected chi connectivity index (χ1v) is 7.44. The molecule has 1 unspecified atom stereocenters. The van der Waals surface area contributed by atoms with E-state index in [-0.39, 0.29) is 0 Å². The lowest BCUT2D eigenvalue weighted by molar-refractivity contribution is 0.184. The predicted molar refractivity (Wildman–Crippen MR) is 76.4 cm³/mol. The van der Waals surface area contributed by atoms with Gasteiger partial charge >= 0.3 is 0 Å². The second-order valence-corrected chi connectivity index (χ2v) is 5.90. The third-order valence-electron chi connectivity index (χ3n) is 4.35. The summed E-state index contributed by atoms with van der Waals surface area (Å²) in [5.41, 5.74) is 8.31. The van der Waals surface area contributed by atoms with E-state index in [1.54, 1.807) is 0 Å². The third-order valence-corrected chi connectivity index (χ3v) is 4.35. The maximum atomic E-state index is 5.96. The molecule has 1 saturated carbocycles. The molecule has 2 nitrogen and oxygen atoms in total. The molecule has 1 saturated heterocycles. The number of rotatable bonds is 3. The highest BCUT2D eigenvalue weighted by Crippen LogP contribution is 2.45. The molecule has 1 aliphatic carbocycles. The quantitative estimate of drug-likeness (QED) is 0.823. The van der Waals surface area contributed by atoms with Crippen molar-refractivity contribution in [1.29, 1.82) is 0 Å². The van der Waals surface area contributed by atoms with Crippen LogP contribution in [0, 0.1) is 5.92 Å². The van der Waals surface area contributed by atoms with Crippen LogP contribution >= 0.6 is 0 Å². The van der Waals surface area contributed by atoms with E-state index in [0.29, 0.717) is 6.04 Å². The zero-order chi connectivity index (χ0) is 12.4. The van der Waals surface area contributed by atoms with Gasteiger partial charge in [0.1, 0.15) is 0 Å². The SMILES string of the molecule is Nc1cccc(C(C2CC2)N2CCCCCC2)c1. The van der Waals surface area contributed by atoms with Crippen LogP contribution < -0.4 is 5.73 Å². The maximum absolute atomic E-state index is 5.96.